The third kappa shape index (κ3) is 7.30. The summed E-state index contributed by atoms with van der Waals surface area (Å²) in [5.74, 6) is 1.49. The van der Waals surface area contributed by atoms with Gasteiger partial charge in [-0.05, 0) is 95.5 Å². The number of hydrogen-bond donors (Lipinski definition) is 1. The largest absolute Gasteiger partial charge is 0.488 e. The molecule has 0 amide bonds. The van der Waals surface area contributed by atoms with E-state index in [9.17, 15) is 0 Å². The summed E-state index contributed by atoms with van der Waals surface area (Å²) in [6.07, 6.45) is 4.41. The molecule has 2 fully saturated rings. The number of nitriles is 1. The van der Waals surface area contributed by atoms with Gasteiger partial charge in [-0.3, -0.25) is 4.90 Å². The molecule has 0 atom stereocenters. The normalized spacial score (nSPS) is 16.9. The molecular formula is C29H38N4O4. The first kappa shape index (κ1) is 27.1. The molecule has 37 heavy (non-hydrogen) atoms. The highest BCUT2D eigenvalue weighted by Crippen LogP contribution is 2.31. The van der Waals surface area contributed by atoms with E-state index in [0.717, 1.165) is 79.2 Å². The van der Waals surface area contributed by atoms with Crippen LogP contribution in [0, 0.1) is 24.2 Å². The van der Waals surface area contributed by atoms with Crippen LogP contribution in [0.1, 0.15) is 41.6 Å². The number of benzene rings is 2. The van der Waals surface area contributed by atoms with Crippen molar-refractivity contribution in [1.29, 1.82) is 5.26 Å². The fraction of sp³-hybridized carbons (Fsp3) is 0.517. The van der Waals surface area contributed by atoms with E-state index in [1.165, 1.54) is 12.8 Å². The lowest BCUT2D eigenvalue weighted by Crippen LogP contribution is -2.39. The quantitative estimate of drug-likeness (QED) is 0.479. The summed E-state index contributed by atoms with van der Waals surface area (Å²) in [6, 6.07) is 13.7. The second kappa shape index (κ2) is 13.5. The Morgan fingerprint density at radius 2 is 1.89 bits per heavy atom. The first-order valence-electron chi connectivity index (χ1n) is 13.1. The lowest BCUT2D eigenvalue weighted by Gasteiger charge is -2.32. The number of aryl methyl sites for hydroxylation is 2. The van der Waals surface area contributed by atoms with Crippen molar-refractivity contribution in [3.63, 3.8) is 0 Å². The Labute approximate surface area is 219 Å². The lowest BCUT2D eigenvalue weighted by atomic mass is 9.91. The van der Waals surface area contributed by atoms with E-state index in [-0.39, 0.29) is 6.29 Å². The number of rotatable bonds is 8. The van der Waals surface area contributed by atoms with E-state index < -0.39 is 0 Å². The number of hydrogen-bond acceptors (Lipinski definition) is 8. The maximum atomic E-state index is 9.08. The summed E-state index contributed by atoms with van der Waals surface area (Å²) in [6.45, 7) is 6.93. The molecule has 0 unspecified atom stereocenters. The monoisotopic (exact) mass is 506 g/mol. The summed E-state index contributed by atoms with van der Waals surface area (Å²) in [5, 5.41) is 17.3. The van der Waals surface area contributed by atoms with Crippen LogP contribution in [-0.4, -0.2) is 63.3 Å². The van der Waals surface area contributed by atoms with Crippen LogP contribution < -0.4 is 10.1 Å². The van der Waals surface area contributed by atoms with Gasteiger partial charge in [-0.1, -0.05) is 17.3 Å². The van der Waals surface area contributed by atoms with Gasteiger partial charge >= 0.3 is 0 Å². The number of aromatic nitrogens is 1. The molecule has 0 radical (unpaired) electrons. The minimum atomic E-state index is -0.0436. The first-order valence-corrected chi connectivity index (χ1v) is 13.1. The fourth-order valence-corrected chi connectivity index (χ4v) is 4.92. The maximum absolute atomic E-state index is 9.08. The molecule has 0 bridgehead atoms. The van der Waals surface area contributed by atoms with Gasteiger partial charge in [-0.25, -0.2) is 0 Å². The first-order chi connectivity index (χ1) is 18.1. The predicted molar refractivity (Wildman–Crippen MR) is 142 cm³/mol. The van der Waals surface area contributed by atoms with Gasteiger partial charge < -0.3 is 24.1 Å². The Morgan fingerprint density at radius 1 is 1.14 bits per heavy atom. The van der Waals surface area contributed by atoms with Crippen molar-refractivity contribution in [3.05, 3.63) is 58.8 Å². The van der Waals surface area contributed by atoms with Gasteiger partial charge in [0.15, 0.2) is 11.9 Å². The van der Waals surface area contributed by atoms with E-state index in [0.29, 0.717) is 18.1 Å². The van der Waals surface area contributed by atoms with Crippen molar-refractivity contribution < 1.29 is 18.7 Å². The molecule has 5 rings (SSSR count). The molecule has 0 saturated carbocycles. The van der Waals surface area contributed by atoms with Crippen molar-refractivity contribution >= 4 is 11.0 Å². The van der Waals surface area contributed by atoms with Crippen LogP contribution in [0.4, 0.5) is 0 Å². The highest BCUT2D eigenvalue weighted by molar-refractivity contribution is 5.84. The van der Waals surface area contributed by atoms with E-state index >= 15 is 0 Å². The topological polar surface area (TPSA) is 92.8 Å². The van der Waals surface area contributed by atoms with Gasteiger partial charge in [0.05, 0.1) is 30.5 Å². The minimum Gasteiger partial charge on any atom is -0.488 e. The number of nitrogens with one attached hydrogen (secondary N) is 1. The van der Waals surface area contributed by atoms with E-state index in [2.05, 4.69) is 27.5 Å². The van der Waals surface area contributed by atoms with Gasteiger partial charge in [0.2, 0.25) is 0 Å². The number of likely N-dealkylation sites (tertiary alicyclic amines) is 1. The highest BCUT2D eigenvalue weighted by Gasteiger charge is 2.25. The minimum absolute atomic E-state index is 0.0436. The SMILES string of the molecule is CNC.Cc1c(OCc2cccc(C#N)c2)ccc2c(CCC3CCN(CC4OCCO4)CC3)noc12. The van der Waals surface area contributed by atoms with Crippen LogP contribution in [0.2, 0.25) is 0 Å². The average molecular weight is 507 g/mol. The summed E-state index contributed by atoms with van der Waals surface area (Å²) in [7, 11) is 3.75. The zero-order valence-corrected chi connectivity index (χ0v) is 22.2. The zero-order valence-electron chi connectivity index (χ0n) is 22.2. The molecular weight excluding hydrogens is 468 g/mol. The molecule has 2 saturated heterocycles. The Balaban J connectivity index is 0.00000102. The van der Waals surface area contributed by atoms with Crippen molar-refractivity contribution in [2.45, 2.75) is 45.5 Å². The Kier molecular flexibility index (Phi) is 9.92. The molecule has 198 valence electrons. The molecule has 1 aromatic heterocycles. The molecule has 3 heterocycles. The van der Waals surface area contributed by atoms with Crippen LogP contribution in [0.25, 0.3) is 11.0 Å². The van der Waals surface area contributed by atoms with Crippen molar-refractivity contribution in [1.82, 2.24) is 15.4 Å². The molecule has 8 nitrogen and oxygen atoms in total. The van der Waals surface area contributed by atoms with Crippen LogP contribution in [-0.2, 0) is 22.5 Å². The second-order valence-corrected chi connectivity index (χ2v) is 9.75. The lowest BCUT2D eigenvalue weighted by molar-refractivity contribution is -0.0661. The summed E-state index contributed by atoms with van der Waals surface area (Å²) >= 11 is 0. The fourth-order valence-electron chi connectivity index (χ4n) is 4.92. The Morgan fingerprint density at radius 3 is 2.62 bits per heavy atom. The maximum Gasteiger partial charge on any atom is 0.173 e. The molecule has 3 aromatic rings. The van der Waals surface area contributed by atoms with E-state index in [1.54, 1.807) is 6.07 Å². The molecule has 8 heteroatoms. The Hall–Kier alpha value is -2.96. The van der Waals surface area contributed by atoms with Crippen molar-refractivity contribution in [2.24, 2.45) is 5.92 Å². The Bertz CT molecular complexity index is 1170. The summed E-state index contributed by atoms with van der Waals surface area (Å²) in [5.41, 5.74) is 4.38. The van der Waals surface area contributed by atoms with Crippen molar-refractivity contribution in [2.75, 3.05) is 46.9 Å². The van der Waals surface area contributed by atoms with Gasteiger partial charge in [0.25, 0.3) is 0 Å². The third-order valence-corrected chi connectivity index (χ3v) is 6.96. The van der Waals surface area contributed by atoms with Gasteiger partial charge in [0.1, 0.15) is 12.4 Å². The highest BCUT2D eigenvalue weighted by atomic mass is 16.7. The number of ether oxygens (including phenoxy) is 3. The number of piperidine rings is 1. The average Bonchev–Trinajstić information content (AvgIpc) is 3.59. The van der Waals surface area contributed by atoms with Crippen LogP contribution in [0.5, 0.6) is 5.75 Å². The zero-order chi connectivity index (χ0) is 26.0. The smallest absolute Gasteiger partial charge is 0.173 e. The molecule has 2 aliphatic rings. The molecule has 0 aliphatic carbocycles. The van der Waals surface area contributed by atoms with E-state index in [4.69, 9.17) is 24.0 Å². The molecule has 0 spiro atoms. The standard InChI is InChI=1S/C27H31N3O4.C2H7N/c1-19-25(33-18-22-4-2-3-21(15-22)16-28)8-6-23-24(29-34-27(19)23)7-5-20-9-11-30(12-10-20)17-26-31-13-14-32-26;1-3-2/h2-4,6,8,15,20,26H,5,7,9-14,17-18H2,1H3;3H,1-2H3. The molecule has 2 aromatic carbocycles. The molecule has 2 aliphatic heterocycles. The van der Waals surface area contributed by atoms with Gasteiger partial charge in [-0.15, -0.1) is 0 Å². The predicted octanol–water partition coefficient (Wildman–Crippen LogP) is 4.44. The van der Waals surface area contributed by atoms with Gasteiger partial charge in [0, 0.05) is 17.5 Å². The van der Waals surface area contributed by atoms with Crippen molar-refractivity contribution in [3.8, 4) is 11.8 Å². The molecule has 1 N–H and O–H groups in total. The van der Waals surface area contributed by atoms with Crippen LogP contribution in [0.15, 0.2) is 40.9 Å². The van der Waals surface area contributed by atoms with Crippen LogP contribution in [0.3, 0.4) is 0 Å². The van der Waals surface area contributed by atoms with E-state index in [1.807, 2.05) is 45.3 Å². The third-order valence-electron chi connectivity index (χ3n) is 6.96. The van der Waals surface area contributed by atoms with Gasteiger partial charge in [-0.2, -0.15) is 5.26 Å². The number of fused-ring (bicyclic) bond motifs is 1. The number of nitrogens with zero attached hydrogens (tertiary/aromatic N) is 3. The second-order valence-electron chi connectivity index (χ2n) is 9.75. The summed E-state index contributed by atoms with van der Waals surface area (Å²) < 4.78 is 22.9. The summed E-state index contributed by atoms with van der Waals surface area (Å²) in [4.78, 5) is 2.46. The van der Waals surface area contributed by atoms with Crippen LogP contribution >= 0.6 is 0 Å².